The van der Waals surface area contributed by atoms with E-state index in [1.165, 1.54) is 24.1 Å². The van der Waals surface area contributed by atoms with Gasteiger partial charge in [-0.05, 0) is 66.6 Å². The highest BCUT2D eigenvalue weighted by Crippen LogP contribution is 2.36. The Bertz CT molecular complexity index is 1130. The van der Waals surface area contributed by atoms with E-state index in [9.17, 15) is 18.8 Å². The molecule has 0 aliphatic carbocycles. The molecule has 0 radical (unpaired) electrons. The fraction of sp³-hybridized carbons (Fsp3) is 0.483. The van der Waals surface area contributed by atoms with Crippen molar-refractivity contribution < 1.29 is 23.5 Å². The fourth-order valence-corrected chi connectivity index (χ4v) is 5.04. The number of hydrazine groups is 1. The number of nitrogens with zero attached hydrogens (tertiary/aromatic N) is 3. The van der Waals surface area contributed by atoms with Crippen molar-refractivity contribution in [2.75, 3.05) is 37.0 Å². The van der Waals surface area contributed by atoms with Crippen LogP contribution in [0.25, 0.3) is 0 Å². The zero-order valence-electron chi connectivity index (χ0n) is 23.4. The first kappa shape index (κ1) is 29.9. The molecule has 0 spiro atoms. The molecule has 3 amide bonds. The highest BCUT2D eigenvalue weighted by Gasteiger charge is 2.41. The summed E-state index contributed by atoms with van der Waals surface area (Å²) in [7, 11) is 1.20. The Hall–Kier alpha value is -3.66. The van der Waals surface area contributed by atoms with Crippen LogP contribution in [0.3, 0.4) is 0 Å². The van der Waals surface area contributed by atoms with Crippen molar-refractivity contribution in [3.63, 3.8) is 0 Å². The number of hydrogen-bond donors (Lipinski definition) is 2. The van der Waals surface area contributed by atoms with Crippen LogP contribution in [-0.2, 0) is 14.3 Å². The number of methoxy groups -OCH3 is 1. The summed E-state index contributed by atoms with van der Waals surface area (Å²) >= 11 is 0. The smallest absolute Gasteiger partial charge is 0.424 e. The molecule has 3 rings (SSSR count). The molecule has 1 aliphatic heterocycles. The molecular weight excluding hydrogens is 501 g/mol. The number of nitrogens with one attached hydrogen (secondary N) is 1. The number of carbonyl (C=O) groups excluding carboxylic acids is 3. The van der Waals surface area contributed by atoms with Gasteiger partial charge in [0.1, 0.15) is 11.9 Å². The minimum absolute atomic E-state index is 0.168. The second kappa shape index (κ2) is 12.9. The van der Waals surface area contributed by atoms with Crippen LogP contribution in [0.4, 0.5) is 20.6 Å². The molecule has 0 aromatic heterocycles. The lowest BCUT2D eigenvalue weighted by atomic mass is 9.85. The largest absolute Gasteiger partial charge is 0.452 e. The number of nitrogens with two attached hydrogens (primary N) is 1. The Balaban J connectivity index is 1.68. The second-order valence-corrected chi connectivity index (χ2v) is 10.9. The maximum Gasteiger partial charge on any atom is 0.424 e. The average Bonchev–Trinajstić information content (AvgIpc) is 3.38. The molecule has 1 heterocycles. The van der Waals surface area contributed by atoms with Gasteiger partial charge in [-0.1, -0.05) is 39.8 Å². The van der Waals surface area contributed by atoms with Gasteiger partial charge in [0.05, 0.1) is 19.7 Å². The average molecular weight is 542 g/mol. The molecule has 0 unspecified atom stereocenters. The number of rotatable bonds is 9. The summed E-state index contributed by atoms with van der Waals surface area (Å²) in [6.45, 7) is 8.33. The number of ether oxygens (including phenoxy) is 1. The van der Waals surface area contributed by atoms with Crippen molar-refractivity contribution in [2.45, 2.75) is 59.0 Å². The van der Waals surface area contributed by atoms with Crippen molar-refractivity contribution >= 4 is 29.3 Å². The van der Waals surface area contributed by atoms with Gasteiger partial charge in [-0.3, -0.25) is 9.59 Å². The number of hydrogen-bond acceptors (Lipinski definition) is 6. The van der Waals surface area contributed by atoms with Crippen molar-refractivity contribution in [2.24, 2.45) is 11.3 Å². The van der Waals surface area contributed by atoms with Crippen LogP contribution in [0.5, 0.6) is 0 Å². The quantitative estimate of drug-likeness (QED) is 0.271. The van der Waals surface area contributed by atoms with E-state index in [-0.39, 0.29) is 24.3 Å². The Morgan fingerprint density at radius 1 is 1.13 bits per heavy atom. The summed E-state index contributed by atoms with van der Waals surface area (Å²) in [5.41, 5.74) is 2.01. The predicted octanol–water partition coefficient (Wildman–Crippen LogP) is 4.70. The predicted molar refractivity (Wildman–Crippen MR) is 149 cm³/mol. The number of anilines is 2. The van der Waals surface area contributed by atoms with Gasteiger partial charge < -0.3 is 19.9 Å². The molecule has 1 aliphatic rings. The Morgan fingerprint density at radius 2 is 1.77 bits per heavy atom. The first-order valence-electron chi connectivity index (χ1n) is 13.3. The molecular formula is C29H40FN5O4. The van der Waals surface area contributed by atoms with Gasteiger partial charge in [0, 0.05) is 24.5 Å². The third-order valence-electron chi connectivity index (χ3n) is 6.85. The third kappa shape index (κ3) is 7.47. The Labute approximate surface area is 230 Å². The molecule has 39 heavy (non-hydrogen) atoms. The Morgan fingerprint density at radius 3 is 2.33 bits per heavy atom. The summed E-state index contributed by atoms with van der Waals surface area (Å²) in [5.74, 6) is 4.92. The maximum atomic E-state index is 13.5. The van der Waals surface area contributed by atoms with Crippen LogP contribution in [0, 0.1) is 11.2 Å². The first-order valence-corrected chi connectivity index (χ1v) is 13.3. The lowest BCUT2D eigenvalue weighted by Crippen LogP contribution is -2.60. The molecule has 2 aromatic rings. The van der Waals surface area contributed by atoms with E-state index in [2.05, 4.69) is 10.2 Å². The first-order chi connectivity index (χ1) is 18.5. The highest BCUT2D eigenvalue weighted by atomic mass is 19.1. The summed E-state index contributed by atoms with van der Waals surface area (Å²) in [6, 6.07) is 13.3. The zero-order valence-corrected chi connectivity index (χ0v) is 23.4. The van der Waals surface area contributed by atoms with Gasteiger partial charge in [-0.2, -0.15) is 0 Å². The van der Waals surface area contributed by atoms with Gasteiger partial charge in [0.2, 0.25) is 11.8 Å². The summed E-state index contributed by atoms with van der Waals surface area (Å²) in [6.07, 6.45) is 1.81. The molecule has 1 fully saturated rings. The van der Waals surface area contributed by atoms with Gasteiger partial charge in [-0.25, -0.2) is 20.0 Å². The van der Waals surface area contributed by atoms with E-state index in [1.54, 1.807) is 32.9 Å². The minimum Gasteiger partial charge on any atom is -0.452 e. The van der Waals surface area contributed by atoms with Crippen LogP contribution in [-0.4, -0.2) is 60.6 Å². The second-order valence-electron chi connectivity index (χ2n) is 10.9. The monoisotopic (exact) mass is 541 g/mol. The van der Waals surface area contributed by atoms with E-state index in [0.717, 1.165) is 35.6 Å². The number of amides is 3. The molecule has 0 bridgehead atoms. The molecule has 9 nitrogen and oxygen atoms in total. The van der Waals surface area contributed by atoms with Crippen LogP contribution in [0.1, 0.15) is 58.6 Å². The van der Waals surface area contributed by atoms with Crippen molar-refractivity contribution in [1.82, 2.24) is 9.91 Å². The topological polar surface area (TPSA) is 108 Å². The van der Waals surface area contributed by atoms with Crippen molar-refractivity contribution in [1.29, 1.82) is 0 Å². The van der Waals surface area contributed by atoms with Crippen molar-refractivity contribution in [3.05, 3.63) is 59.9 Å². The molecule has 1 saturated heterocycles. The number of halogens is 1. The van der Waals surface area contributed by atoms with Gasteiger partial charge in [0.25, 0.3) is 0 Å². The maximum absolute atomic E-state index is 13.5. The van der Waals surface area contributed by atoms with Crippen LogP contribution in [0.15, 0.2) is 48.5 Å². The van der Waals surface area contributed by atoms with E-state index >= 15 is 0 Å². The fourth-order valence-electron chi connectivity index (χ4n) is 5.04. The zero-order chi connectivity index (χ0) is 28.7. The van der Waals surface area contributed by atoms with Crippen LogP contribution >= 0.6 is 0 Å². The molecule has 0 saturated carbocycles. The summed E-state index contributed by atoms with van der Waals surface area (Å²) in [5, 5.41) is 3.66. The highest BCUT2D eigenvalue weighted by molar-refractivity contribution is 5.96. The molecule has 212 valence electrons. The molecule has 2 aromatic carbocycles. The minimum atomic E-state index is -1.01. The Kier molecular flexibility index (Phi) is 9.91. The summed E-state index contributed by atoms with van der Waals surface area (Å²) < 4.78 is 18.1. The van der Waals surface area contributed by atoms with E-state index in [1.807, 2.05) is 31.2 Å². The molecule has 2 atom stereocenters. The van der Waals surface area contributed by atoms with Crippen LogP contribution < -0.4 is 16.1 Å². The number of carbonyl (C=O) groups is 3. The lowest BCUT2D eigenvalue weighted by molar-refractivity contribution is -0.142. The molecule has 10 heteroatoms. The van der Waals surface area contributed by atoms with Crippen LogP contribution in [0.2, 0.25) is 0 Å². The van der Waals surface area contributed by atoms with Crippen molar-refractivity contribution in [3.8, 4) is 0 Å². The number of benzene rings is 2. The van der Waals surface area contributed by atoms with E-state index in [0.29, 0.717) is 18.7 Å². The normalized spacial score (nSPS) is 16.0. The van der Waals surface area contributed by atoms with Gasteiger partial charge in [0.15, 0.2) is 0 Å². The van der Waals surface area contributed by atoms with Gasteiger partial charge in [-0.15, -0.1) is 0 Å². The van der Waals surface area contributed by atoms with E-state index in [4.69, 9.17) is 10.6 Å². The lowest BCUT2D eigenvalue weighted by Gasteiger charge is -2.38. The SMILES string of the molecule is CCCN(CC(=O)Nc1ccc([C@H]2CCCN2c2ccc(F)cc2)cc1)C(=O)[C@@H](N(N)C(=O)OC)C(C)(C)C. The molecule has 3 N–H and O–H groups in total. The standard InChI is InChI=1S/C29H40FN5O4/c1-6-17-33(27(37)26(29(2,3)4)35(31)28(38)39-5)19-25(36)32-22-13-9-20(10-14-22)24-8-7-18-34(24)23-15-11-21(30)12-16-23/h9-16,24,26H,6-8,17-19,31H2,1-5H3,(H,32,36)/t24-,26-/m1/s1. The van der Waals surface area contributed by atoms with Gasteiger partial charge >= 0.3 is 6.09 Å². The van der Waals surface area contributed by atoms with E-state index < -0.39 is 23.5 Å². The third-order valence-corrected chi connectivity index (χ3v) is 6.85. The summed E-state index contributed by atoms with van der Waals surface area (Å²) in [4.78, 5) is 42.2.